The smallest absolute Gasteiger partial charge is 0.174 e. The average molecular weight is 374 g/mol. The van der Waals surface area contributed by atoms with Crippen molar-refractivity contribution in [2.75, 3.05) is 20.0 Å². The number of thioether (sulfide) groups is 1. The van der Waals surface area contributed by atoms with Gasteiger partial charge >= 0.3 is 0 Å². The van der Waals surface area contributed by atoms with Crippen LogP contribution in [0.2, 0.25) is 0 Å². The molecule has 1 aromatic carbocycles. The molecule has 118 valence electrons. The molecule has 1 fully saturated rings. The van der Waals surface area contributed by atoms with Crippen LogP contribution in [0, 0.1) is 0 Å². The van der Waals surface area contributed by atoms with Gasteiger partial charge in [0.2, 0.25) is 0 Å². The second kappa shape index (κ2) is 8.30. The summed E-state index contributed by atoms with van der Waals surface area (Å²) in [6.07, 6.45) is 3.96. The normalized spacial score (nSPS) is 21.5. The molecule has 0 aliphatic heterocycles. The van der Waals surface area contributed by atoms with E-state index in [2.05, 4.69) is 46.0 Å². The van der Waals surface area contributed by atoms with Crippen LogP contribution in [-0.2, 0) is 6.54 Å². The zero-order chi connectivity index (χ0) is 15.2. The SMILES string of the molecule is CCSC1CCCC1NCc1cc(Br)c(OC)c(OC)c1. The molecule has 21 heavy (non-hydrogen) atoms. The van der Waals surface area contributed by atoms with Crippen LogP contribution in [0.3, 0.4) is 0 Å². The molecule has 1 aliphatic carbocycles. The summed E-state index contributed by atoms with van der Waals surface area (Å²) in [5.74, 6) is 2.72. The van der Waals surface area contributed by atoms with Gasteiger partial charge in [0.1, 0.15) is 0 Å². The molecule has 1 N–H and O–H groups in total. The van der Waals surface area contributed by atoms with Gasteiger partial charge in [-0.1, -0.05) is 13.3 Å². The molecule has 1 aromatic rings. The fourth-order valence-corrected chi connectivity index (χ4v) is 4.77. The van der Waals surface area contributed by atoms with E-state index in [4.69, 9.17) is 9.47 Å². The first-order valence-corrected chi connectivity index (χ1v) is 9.29. The van der Waals surface area contributed by atoms with Crippen LogP contribution >= 0.6 is 27.7 Å². The highest BCUT2D eigenvalue weighted by atomic mass is 79.9. The lowest BCUT2D eigenvalue weighted by Crippen LogP contribution is -2.33. The molecule has 0 saturated heterocycles. The summed E-state index contributed by atoms with van der Waals surface area (Å²) in [7, 11) is 3.33. The molecule has 1 aliphatic rings. The fourth-order valence-electron chi connectivity index (χ4n) is 2.90. The van der Waals surface area contributed by atoms with Gasteiger partial charge in [0, 0.05) is 17.8 Å². The lowest BCUT2D eigenvalue weighted by Gasteiger charge is -2.21. The Balaban J connectivity index is 2.01. The van der Waals surface area contributed by atoms with Gasteiger partial charge in [0.15, 0.2) is 11.5 Å². The Morgan fingerprint density at radius 3 is 2.76 bits per heavy atom. The molecule has 0 bridgehead atoms. The van der Waals surface area contributed by atoms with Gasteiger partial charge in [0.25, 0.3) is 0 Å². The minimum Gasteiger partial charge on any atom is -0.493 e. The first kappa shape index (κ1) is 17.0. The predicted octanol–water partition coefficient (Wildman–Crippen LogP) is 4.23. The Bertz CT molecular complexity index is 470. The lowest BCUT2D eigenvalue weighted by molar-refractivity contribution is 0.352. The number of ether oxygens (including phenoxy) is 2. The zero-order valence-corrected chi connectivity index (χ0v) is 15.4. The van der Waals surface area contributed by atoms with Crippen LogP contribution in [-0.4, -0.2) is 31.3 Å². The Kier molecular flexibility index (Phi) is 6.71. The first-order valence-electron chi connectivity index (χ1n) is 7.45. The molecule has 0 radical (unpaired) electrons. The first-order chi connectivity index (χ1) is 10.2. The maximum Gasteiger partial charge on any atom is 0.174 e. The van der Waals surface area contributed by atoms with Crippen LogP contribution in [0.5, 0.6) is 11.5 Å². The second-order valence-electron chi connectivity index (χ2n) is 5.23. The topological polar surface area (TPSA) is 30.5 Å². The summed E-state index contributed by atoms with van der Waals surface area (Å²) < 4.78 is 11.7. The van der Waals surface area contributed by atoms with E-state index in [0.717, 1.165) is 27.8 Å². The summed E-state index contributed by atoms with van der Waals surface area (Å²) in [6.45, 7) is 3.11. The van der Waals surface area contributed by atoms with E-state index >= 15 is 0 Å². The van der Waals surface area contributed by atoms with Gasteiger partial charge in [-0.2, -0.15) is 11.8 Å². The van der Waals surface area contributed by atoms with E-state index in [1.165, 1.54) is 30.6 Å². The van der Waals surface area contributed by atoms with Gasteiger partial charge in [-0.3, -0.25) is 0 Å². The average Bonchev–Trinajstić information content (AvgIpc) is 2.92. The summed E-state index contributed by atoms with van der Waals surface area (Å²) >= 11 is 5.63. The van der Waals surface area contributed by atoms with E-state index in [9.17, 15) is 0 Å². The molecular formula is C16H24BrNO2S. The van der Waals surface area contributed by atoms with Gasteiger partial charge in [-0.05, 0) is 52.2 Å². The summed E-state index contributed by atoms with van der Waals surface area (Å²) in [5, 5.41) is 4.47. The number of halogens is 1. The Morgan fingerprint density at radius 1 is 1.29 bits per heavy atom. The molecule has 0 amide bonds. The minimum absolute atomic E-state index is 0.627. The second-order valence-corrected chi connectivity index (χ2v) is 7.60. The quantitative estimate of drug-likeness (QED) is 0.774. The van der Waals surface area contributed by atoms with Crippen molar-refractivity contribution < 1.29 is 9.47 Å². The van der Waals surface area contributed by atoms with E-state index in [-0.39, 0.29) is 0 Å². The summed E-state index contributed by atoms with van der Waals surface area (Å²) in [5.41, 5.74) is 1.21. The van der Waals surface area contributed by atoms with Gasteiger partial charge < -0.3 is 14.8 Å². The monoisotopic (exact) mass is 373 g/mol. The lowest BCUT2D eigenvalue weighted by atomic mass is 10.1. The zero-order valence-electron chi connectivity index (χ0n) is 12.9. The van der Waals surface area contributed by atoms with Crippen molar-refractivity contribution in [3.8, 4) is 11.5 Å². The van der Waals surface area contributed by atoms with Crippen molar-refractivity contribution in [3.05, 3.63) is 22.2 Å². The molecule has 1 saturated carbocycles. The molecule has 3 nitrogen and oxygen atoms in total. The minimum atomic E-state index is 0.627. The molecule has 2 unspecified atom stereocenters. The van der Waals surface area contributed by atoms with Crippen molar-refractivity contribution >= 4 is 27.7 Å². The van der Waals surface area contributed by atoms with E-state index in [1.54, 1.807) is 14.2 Å². The van der Waals surface area contributed by atoms with Crippen molar-refractivity contribution in [1.82, 2.24) is 5.32 Å². The van der Waals surface area contributed by atoms with E-state index < -0.39 is 0 Å². The Hall–Kier alpha value is -0.390. The maximum atomic E-state index is 5.40. The number of methoxy groups -OCH3 is 2. The fraction of sp³-hybridized carbons (Fsp3) is 0.625. The largest absolute Gasteiger partial charge is 0.493 e. The third-order valence-electron chi connectivity index (χ3n) is 3.90. The van der Waals surface area contributed by atoms with Crippen molar-refractivity contribution in [3.63, 3.8) is 0 Å². The molecule has 0 spiro atoms. The molecule has 2 atom stereocenters. The maximum absolute atomic E-state index is 5.40. The van der Waals surface area contributed by atoms with Crippen LogP contribution in [0.25, 0.3) is 0 Å². The van der Waals surface area contributed by atoms with E-state index in [0.29, 0.717) is 6.04 Å². The number of nitrogens with one attached hydrogen (secondary N) is 1. The highest BCUT2D eigenvalue weighted by molar-refractivity contribution is 9.10. The molecule has 0 heterocycles. The molecule has 5 heteroatoms. The highest BCUT2D eigenvalue weighted by Crippen LogP contribution is 2.36. The highest BCUT2D eigenvalue weighted by Gasteiger charge is 2.26. The van der Waals surface area contributed by atoms with Crippen LogP contribution in [0.4, 0.5) is 0 Å². The van der Waals surface area contributed by atoms with Gasteiger partial charge in [-0.15, -0.1) is 0 Å². The standard InChI is InChI=1S/C16H24BrNO2S/c1-4-21-15-7-5-6-13(15)18-10-11-8-12(17)16(20-3)14(9-11)19-2/h8-9,13,15,18H,4-7,10H2,1-3H3. The number of hydrogen-bond donors (Lipinski definition) is 1. The Labute approximate surface area is 140 Å². The molecule has 2 rings (SSSR count). The van der Waals surface area contributed by atoms with Gasteiger partial charge in [0.05, 0.1) is 18.7 Å². The van der Waals surface area contributed by atoms with Crippen LogP contribution < -0.4 is 14.8 Å². The third kappa shape index (κ3) is 4.30. The molecule has 0 aromatic heterocycles. The summed E-state index contributed by atoms with van der Waals surface area (Å²) in [6, 6.07) is 4.78. The van der Waals surface area contributed by atoms with Crippen LogP contribution in [0.1, 0.15) is 31.7 Å². The Morgan fingerprint density at radius 2 is 2.10 bits per heavy atom. The number of benzene rings is 1. The third-order valence-corrected chi connectivity index (χ3v) is 5.81. The molecular weight excluding hydrogens is 350 g/mol. The predicted molar refractivity (Wildman–Crippen MR) is 93.6 cm³/mol. The van der Waals surface area contributed by atoms with Crippen molar-refractivity contribution in [2.24, 2.45) is 0 Å². The number of hydrogen-bond acceptors (Lipinski definition) is 4. The van der Waals surface area contributed by atoms with Crippen molar-refractivity contribution in [1.29, 1.82) is 0 Å². The summed E-state index contributed by atoms with van der Waals surface area (Å²) in [4.78, 5) is 0. The van der Waals surface area contributed by atoms with Gasteiger partial charge in [-0.25, -0.2) is 0 Å². The number of rotatable bonds is 7. The van der Waals surface area contributed by atoms with Crippen LogP contribution in [0.15, 0.2) is 16.6 Å². The van der Waals surface area contributed by atoms with E-state index in [1.807, 2.05) is 6.07 Å². The van der Waals surface area contributed by atoms with Crippen molar-refractivity contribution in [2.45, 2.75) is 44.0 Å².